The van der Waals surface area contributed by atoms with Crippen molar-refractivity contribution in [1.82, 2.24) is 5.16 Å². The molecule has 0 radical (unpaired) electrons. The lowest BCUT2D eigenvalue weighted by Crippen LogP contribution is -2.21. The molecule has 2 aromatic rings. The summed E-state index contributed by atoms with van der Waals surface area (Å²) in [6.45, 7) is 1.02. The number of benzene rings is 1. The maximum atomic E-state index is 13.3. The summed E-state index contributed by atoms with van der Waals surface area (Å²) < 4.78 is 35.4. The van der Waals surface area contributed by atoms with Crippen LogP contribution in [0.5, 0.6) is 0 Å². The number of nitrogens with one attached hydrogen (secondary N) is 1. The van der Waals surface area contributed by atoms with E-state index in [2.05, 4.69) is 15.2 Å². The molecule has 1 heterocycles. The standard InChI is InChI=1S/C13H10F2N2O4/c1-7-4-12(21-17-7)16-11(18)6-20-13(19)9-3-2-8(14)5-10(9)15/h2-5H,6H2,1H3,(H,16,18). The molecule has 0 saturated heterocycles. The summed E-state index contributed by atoms with van der Waals surface area (Å²) in [5.41, 5.74) is 0.107. The highest BCUT2D eigenvalue weighted by molar-refractivity contribution is 5.94. The second-order valence-electron chi connectivity index (χ2n) is 4.08. The van der Waals surface area contributed by atoms with Gasteiger partial charge in [-0.2, -0.15) is 0 Å². The van der Waals surface area contributed by atoms with Crippen LogP contribution < -0.4 is 5.32 Å². The largest absolute Gasteiger partial charge is 0.452 e. The SMILES string of the molecule is Cc1cc(NC(=O)COC(=O)c2ccc(F)cc2F)on1. The molecule has 1 N–H and O–H groups in total. The van der Waals surface area contributed by atoms with Crippen molar-refractivity contribution in [2.24, 2.45) is 0 Å². The van der Waals surface area contributed by atoms with E-state index in [1.165, 1.54) is 6.07 Å². The minimum atomic E-state index is -1.07. The number of anilines is 1. The Morgan fingerprint density at radius 3 is 2.71 bits per heavy atom. The number of aryl methyl sites for hydroxylation is 1. The third-order valence-corrected chi connectivity index (χ3v) is 2.38. The number of halogens is 2. The van der Waals surface area contributed by atoms with Gasteiger partial charge < -0.3 is 9.26 Å². The Labute approximate surface area is 117 Å². The van der Waals surface area contributed by atoms with Gasteiger partial charge in [0.1, 0.15) is 11.6 Å². The van der Waals surface area contributed by atoms with Gasteiger partial charge in [-0.3, -0.25) is 10.1 Å². The molecule has 110 valence electrons. The number of amides is 1. The predicted octanol–water partition coefficient (Wildman–Crippen LogP) is 2.06. The molecule has 21 heavy (non-hydrogen) atoms. The molecule has 0 unspecified atom stereocenters. The van der Waals surface area contributed by atoms with Crippen LogP contribution in [0, 0.1) is 18.6 Å². The Kier molecular flexibility index (Phi) is 4.27. The third-order valence-electron chi connectivity index (χ3n) is 2.38. The zero-order valence-corrected chi connectivity index (χ0v) is 10.9. The molecule has 1 amide bonds. The summed E-state index contributed by atoms with van der Waals surface area (Å²) in [5.74, 6) is -3.53. The van der Waals surface area contributed by atoms with Gasteiger partial charge in [0.05, 0.1) is 11.3 Å². The molecule has 0 spiro atoms. The van der Waals surface area contributed by atoms with Crippen molar-refractivity contribution in [3.63, 3.8) is 0 Å². The lowest BCUT2D eigenvalue weighted by atomic mass is 10.2. The highest BCUT2D eigenvalue weighted by atomic mass is 19.1. The van der Waals surface area contributed by atoms with E-state index >= 15 is 0 Å². The molecule has 1 aromatic heterocycles. The number of carbonyl (C=O) groups excluding carboxylic acids is 2. The predicted molar refractivity (Wildman–Crippen MR) is 66.5 cm³/mol. The molecule has 0 atom stereocenters. The molecule has 1 aromatic carbocycles. The molecular formula is C13H10F2N2O4. The van der Waals surface area contributed by atoms with Crippen LogP contribution in [0.4, 0.5) is 14.7 Å². The number of hydrogen-bond acceptors (Lipinski definition) is 5. The highest BCUT2D eigenvalue weighted by Gasteiger charge is 2.16. The van der Waals surface area contributed by atoms with Crippen LogP contribution in [0.15, 0.2) is 28.8 Å². The number of nitrogens with zero attached hydrogens (tertiary/aromatic N) is 1. The van der Waals surface area contributed by atoms with Crippen molar-refractivity contribution in [1.29, 1.82) is 0 Å². The van der Waals surface area contributed by atoms with Gasteiger partial charge in [-0.1, -0.05) is 5.16 Å². The van der Waals surface area contributed by atoms with Gasteiger partial charge in [-0.25, -0.2) is 13.6 Å². The van der Waals surface area contributed by atoms with Crippen LogP contribution in [-0.4, -0.2) is 23.6 Å². The van der Waals surface area contributed by atoms with Gasteiger partial charge in [0, 0.05) is 12.1 Å². The molecule has 6 nitrogen and oxygen atoms in total. The van der Waals surface area contributed by atoms with Crippen LogP contribution in [-0.2, 0) is 9.53 Å². The molecule has 2 rings (SSSR count). The molecule has 0 aliphatic rings. The van der Waals surface area contributed by atoms with Gasteiger partial charge in [-0.05, 0) is 19.1 Å². The second kappa shape index (κ2) is 6.12. The van der Waals surface area contributed by atoms with Crippen LogP contribution >= 0.6 is 0 Å². The zero-order chi connectivity index (χ0) is 15.4. The molecular weight excluding hydrogens is 286 g/mol. The van der Waals surface area contributed by atoms with E-state index in [1.807, 2.05) is 0 Å². The number of aromatic nitrogens is 1. The number of rotatable bonds is 4. The first kappa shape index (κ1) is 14.6. The molecule has 0 fully saturated rings. The molecule has 0 saturated carbocycles. The molecule has 0 aliphatic heterocycles. The van der Waals surface area contributed by atoms with Crippen molar-refractivity contribution < 1.29 is 27.6 Å². The summed E-state index contributed by atoms with van der Waals surface area (Å²) in [5, 5.41) is 5.84. The minimum Gasteiger partial charge on any atom is -0.452 e. The van der Waals surface area contributed by atoms with Gasteiger partial charge in [0.2, 0.25) is 5.88 Å². The first-order valence-corrected chi connectivity index (χ1v) is 5.81. The van der Waals surface area contributed by atoms with Gasteiger partial charge in [0.25, 0.3) is 5.91 Å². The van der Waals surface area contributed by atoms with E-state index in [0.29, 0.717) is 11.8 Å². The van der Waals surface area contributed by atoms with Crippen molar-refractivity contribution in [3.05, 3.63) is 47.2 Å². The quantitative estimate of drug-likeness (QED) is 0.873. The average molecular weight is 296 g/mol. The number of hydrogen-bond donors (Lipinski definition) is 1. The van der Waals surface area contributed by atoms with E-state index in [4.69, 9.17) is 4.52 Å². The summed E-state index contributed by atoms with van der Waals surface area (Å²) in [7, 11) is 0. The van der Waals surface area contributed by atoms with Crippen LogP contribution in [0.1, 0.15) is 16.1 Å². The fraction of sp³-hybridized carbons (Fsp3) is 0.154. The Balaban J connectivity index is 1.90. The normalized spacial score (nSPS) is 10.2. The third kappa shape index (κ3) is 3.85. The van der Waals surface area contributed by atoms with Crippen molar-refractivity contribution in [2.75, 3.05) is 11.9 Å². The van der Waals surface area contributed by atoms with Crippen LogP contribution in [0.25, 0.3) is 0 Å². The molecule has 8 heteroatoms. The fourth-order valence-electron chi connectivity index (χ4n) is 1.46. The smallest absolute Gasteiger partial charge is 0.341 e. The van der Waals surface area contributed by atoms with E-state index in [0.717, 1.165) is 12.1 Å². The lowest BCUT2D eigenvalue weighted by molar-refractivity contribution is -0.119. The van der Waals surface area contributed by atoms with Crippen LogP contribution in [0.2, 0.25) is 0 Å². The van der Waals surface area contributed by atoms with Crippen molar-refractivity contribution in [3.8, 4) is 0 Å². The zero-order valence-electron chi connectivity index (χ0n) is 10.9. The highest BCUT2D eigenvalue weighted by Crippen LogP contribution is 2.11. The number of ether oxygens (including phenoxy) is 1. The monoisotopic (exact) mass is 296 g/mol. The van der Waals surface area contributed by atoms with Crippen molar-refractivity contribution in [2.45, 2.75) is 6.92 Å². The Morgan fingerprint density at radius 2 is 2.10 bits per heavy atom. The second-order valence-corrected chi connectivity index (χ2v) is 4.08. The fourth-order valence-corrected chi connectivity index (χ4v) is 1.46. The first-order valence-electron chi connectivity index (χ1n) is 5.81. The summed E-state index contributed by atoms with van der Waals surface area (Å²) in [6, 6.07) is 3.87. The first-order chi connectivity index (χ1) is 9.95. The molecule has 0 bridgehead atoms. The van der Waals surface area contributed by atoms with Crippen molar-refractivity contribution >= 4 is 17.8 Å². The van der Waals surface area contributed by atoms with E-state index in [-0.39, 0.29) is 5.88 Å². The van der Waals surface area contributed by atoms with Crippen LogP contribution in [0.3, 0.4) is 0 Å². The summed E-state index contributed by atoms with van der Waals surface area (Å²) in [4.78, 5) is 23.0. The summed E-state index contributed by atoms with van der Waals surface area (Å²) in [6.07, 6.45) is 0. The van der Waals surface area contributed by atoms with E-state index < -0.39 is 35.7 Å². The number of carbonyl (C=O) groups is 2. The lowest BCUT2D eigenvalue weighted by Gasteiger charge is -2.05. The maximum absolute atomic E-state index is 13.3. The minimum absolute atomic E-state index is 0.0986. The topological polar surface area (TPSA) is 81.4 Å². The Hall–Kier alpha value is -2.77. The Morgan fingerprint density at radius 1 is 1.33 bits per heavy atom. The van der Waals surface area contributed by atoms with Gasteiger partial charge in [-0.15, -0.1) is 0 Å². The van der Waals surface area contributed by atoms with E-state index in [1.54, 1.807) is 6.92 Å². The molecule has 0 aliphatic carbocycles. The number of esters is 1. The average Bonchev–Trinajstić information content (AvgIpc) is 2.81. The Bertz CT molecular complexity index is 685. The van der Waals surface area contributed by atoms with Gasteiger partial charge >= 0.3 is 5.97 Å². The maximum Gasteiger partial charge on any atom is 0.341 e. The van der Waals surface area contributed by atoms with Gasteiger partial charge in [0.15, 0.2) is 6.61 Å². The summed E-state index contributed by atoms with van der Waals surface area (Å²) >= 11 is 0. The van der Waals surface area contributed by atoms with E-state index in [9.17, 15) is 18.4 Å².